The molecule has 0 fully saturated rings. The van der Waals surface area contributed by atoms with E-state index in [1.807, 2.05) is 6.07 Å². The third-order valence-electron chi connectivity index (χ3n) is 2.22. The molecule has 0 aliphatic carbocycles. The maximum atomic E-state index is 5.86. The van der Waals surface area contributed by atoms with Crippen LogP contribution >= 0.6 is 28.6 Å². The van der Waals surface area contributed by atoms with Crippen LogP contribution in [-0.4, -0.2) is 14.2 Å². The zero-order valence-corrected chi connectivity index (χ0v) is 16.8. The first-order valence-corrected chi connectivity index (χ1v) is 8.34. The van der Waals surface area contributed by atoms with E-state index in [4.69, 9.17) is 21.1 Å². The van der Waals surface area contributed by atoms with Gasteiger partial charge in [-0.05, 0) is 12.1 Å². The van der Waals surface area contributed by atoms with Crippen molar-refractivity contribution in [3.63, 3.8) is 0 Å². The molecule has 0 aliphatic rings. The molecule has 0 aliphatic heterocycles. The normalized spacial score (nSPS) is 8.78. The predicted molar refractivity (Wildman–Crippen MR) is 79.2 cm³/mol. The van der Waals surface area contributed by atoms with Gasteiger partial charge in [0.2, 0.25) is 0 Å². The van der Waals surface area contributed by atoms with Crippen LogP contribution in [0.3, 0.4) is 0 Å². The van der Waals surface area contributed by atoms with Gasteiger partial charge in [-0.15, -0.1) is 17.0 Å². The third-order valence-corrected chi connectivity index (χ3v) is 3.64. The summed E-state index contributed by atoms with van der Waals surface area (Å²) in [6, 6.07) is 5.39. The Morgan fingerprint density at radius 1 is 1.11 bits per heavy atom. The summed E-state index contributed by atoms with van der Waals surface area (Å²) in [5.74, 6) is 1.26. The third kappa shape index (κ3) is 8.34. The van der Waals surface area contributed by atoms with Crippen LogP contribution in [0, 0.1) is 0 Å². The van der Waals surface area contributed by atoms with Gasteiger partial charge in [0.05, 0.1) is 14.2 Å². The Morgan fingerprint density at radius 3 is 1.89 bits per heavy atom. The summed E-state index contributed by atoms with van der Waals surface area (Å²) >= 11 is 7.35. The van der Waals surface area contributed by atoms with Crippen LogP contribution in [0.25, 0.3) is 0 Å². The van der Waals surface area contributed by atoms with Gasteiger partial charge in [0.1, 0.15) is 16.5 Å². The zero-order valence-electron chi connectivity index (χ0n) is 11.4. The summed E-state index contributed by atoms with van der Waals surface area (Å²) < 4.78 is 9.95. The largest absolute Gasteiger partial charge is 0.495 e. The maximum Gasteiger partial charge on any atom is 0.141 e. The number of rotatable bonds is 5. The van der Waals surface area contributed by atoms with E-state index in [1.54, 1.807) is 26.4 Å². The van der Waals surface area contributed by atoms with Gasteiger partial charge in [0, 0.05) is 0 Å². The molecule has 101 valence electrons. The summed E-state index contributed by atoms with van der Waals surface area (Å²) in [5, 5.41) is 1.99. The average molecular weight is 390 g/mol. The van der Waals surface area contributed by atoms with Crippen molar-refractivity contribution in [1.29, 1.82) is 0 Å². The van der Waals surface area contributed by atoms with Crippen LogP contribution in [0.5, 0.6) is 11.5 Å². The summed E-state index contributed by atoms with van der Waals surface area (Å²) in [5.41, 5.74) is 0. The van der Waals surface area contributed by atoms with Crippen molar-refractivity contribution < 1.29 is 27.8 Å². The van der Waals surface area contributed by atoms with Gasteiger partial charge in [0.15, 0.2) is 0 Å². The fourth-order valence-electron chi connectivity index (χ4n) is 1.23. The standard InChI is InChI=1S/C8H9ClO2.C5H11.BrH.Zn/c1-10-6-4-3-5-7(11-2)8(6)9;1-3-5-4-2;;/h3-5H,1-2H3;1,3-5H2,2H3;1H;. The SMILES string of the molecule is Br.CCCC[CH2][Zn].COc1cccc(OC)c1Cl. The van der Waals surface area contributed by atoms with Crippen LogP contribution in [0.2, 0.25) is 10.0 Å². The van der Waals surface area contributed by atoms with E-state index >= 15 is 0 Å². The van der Waals surface area contributed by atoms with Crippen molar-refractivity contribution in [2.24, 2.45) is 0 Å². The summed E-state index contributed by atoms with van der Waals surface area (Å²) in [6.07, 6.45) is 4.29. The number of methoxy groups -OCH3 is 2. The molecule has 0 spiro atoms. The number of hydrogen-bond donors (Lipinski definition) is 0. The molecule has 18 heavy (non-hydrogen) atoms. The van der Waals surface area contributed by atoms with Crippen LogP contribution in [0.1, 0.15) is 26.2 Å². The number of hydrogen-bond acceptors (Lipinski definition) is 2. The van der Waals surface area contributed by atoms with E-state index in [0.29, 0.717) is 16.5 Å². The molecule has 5 heteroatoms. The van der Waals surface area contributed by atoms with Gasteiger partial charge < -0.3 is 9.47 Å². The Hall–Kier alpha value is 0.213. The van der Waals surface area contributed by atoms with Gasteiger partial charge in [-0.3, -0.25) is 0 Å². The molecule has 2 nitrogen and oxygen atoms in total. The fraction of sp³-hybridized carbons (Fsp3) is 0.538. The van der Waals surface area contributed by atoms with Crippen molar-refractivity contribution >= 4 is 28.6 Å². The van der Waals surface area contributed by atoms with Crippen molar-refractivity contribution in [3.8, 4) is 11.5 Å². The Labute approximate surface area is 136 Å². The molecule has 0 heterocycles. The summed E-state index contributed by atoms with van der Waals surface area (Å²) in [4.78, 5) is 0. The molecule has 0 saturated carbocycles. The monoisotopic (exact) mass is 387 g/mol. The molecule has 0 radical (unpaired) electrons. The van der Waals surface area contributed by atoms with Gasteiger partial charge in [-0.2, -0.15) is 0 Å². The maximum absolute atomic E-state index is 5.86. The Balaban J connectivity index is 0. The topological polar surface area (TPSA) is 18.5 Å². The number of benzene rings is 1. The summed E-state index contributed by atoms with van der Waals surface area (Å²) in [6.45, 7) is 2.25. The van der Waals surface area contributed by atoms with Crippen LogP contribution in [0.15, 0.2) is 18.2 Å². The van der Waals surface area contributed by atoms with E-state index in [-0.39, 0.29) is 17.0 Å². The van der Waals surface area contributed by atoms with Crippen molar-refractivity contribution in [3.05, 3.63) is 23.2 Å². The second-order valence-electron chi connectivity index (χ2n) is 3.54. The molecular weight excluding hydrogens is 369 g/mol. The molecule has 0 aromatic heterocycles. The van der Waals surface area contributed by atoms with Crippen molar-refractivity contribution in [1.82, 2.24) is 0 Å². The first-order valence-electron chi connectivity index (χ1n) is 5.86. The number of unbranched alkanes of at least 4 members (excludes halogenated alkanes) is 2. The predicted octanol–water partition coefficient (Wildman–Crippen LogP) is 5.08. The molecule has 1 aromatic rings. The van der Waals surface area contributed by atoms with E-state index < -0.39 is 0 Å². The first-order chi connectivity index (χ1) is 8.21. The van der Waals surface area contributed by atoms with Crippen LogP contribution < -0.4 is 9.47 Å². The minimum atomic E-state index is 0. The Bertz CT molecular complexity index is 285. The van der Waals surface area contributed by atoms with Gasteiger partial charge >= 0.3 is 49.5 Å². The Kier molecular flexibility index (Phi) is 15.6. The molecule has 0 amide bonds. The first kappa shape index (κ1) is 20.5. The van der Waals surface area contributed by atoms with Gasteiger partial charge in [-0.1, -0.05) is 17.7 Å². The van der Waals surface area contributed by atoms with E-state index in [0.717, 1.165) is 0 Å². The second kappa shape index (κ2) is 13.6. The fourth-order valence-corrected chi connectivity index (χ4v) is 2.25. The number of halogens is 2. The molecular formula is C13H21BrClO2Zn. The van der Waals surface area contributed by atoms with Crippen molar-refractivity contribution in [2.45, 2.75) is 31.2 Å². The van der Waals surface area contributed by atoms with Gasteiger partial charge in [0.25, 0.3) is 0 Å². The van der Waals surface area contributed by atoms with Crippen LogP contribution in [-0.2, 0) is 18.3 Å². The minimum absolute atomic E-state index is 0. The molecule has 1 aromatic carbocycles. The van der Waals surface area contributed by atoms with E-state index in [2.05, 4.69) is 6.92 Å². The molecule has 0 bridgehead atoms. The summed E-state index contributed by atoms with van der Waals surface area (Å²) in [7, 11) is 3.14. The smallest absolute Gasteiger partial charge is 0.141 e. The molecule has 0 N–H and O–H groups in total. The van der Waals surface area contributed by atoms with E-state index in [9.17, 15) is 0 Å². The second-order valence-corrected chi connectivity index (χ2v) is 5.40. The molecule has 0 saturated heterocycles. The quantitative estimate of drug-likeness (QED) is 0.516. The molecule has 0 atom stereocenters. The van der Waals surface area contributed by atoms with Crippen LogP contribution in [0.4, 0.5) is 0 Å². The molecule has 0 unspecified atom stereocenters. The zero-order chi connectivity index (χ0) is 13.1. The average Bonchev–Trinajstić information content (AvgIpc) is 2.37. The minimum Gasteiger partial charge on any atom is -0.495 e. The van der Waals surface area contributed by atoms with E-state index in [1.165, 1.54) is 42.6 Å². The number of ether oxygens (including phenoxy) is 2. The van der Waals surface area contributed by atoms with Crippen molar-refractivity contribution in [2.75, 3.05) is 14.2 Å². The Morgan fingerprint density at radius 2 is 1.61 bits per heavy atom. The molecule has 1 rings (SSSR count). The van der Waals surface area contributed by atoms with Gasteiger partial charge in [-0.25, -0.2) is 0 Å².